The zero-order chi connectivity index (χ0) is 15.9. The first-order valence-electron chi connectivity index (χ1n) is 5.65. The van der Waals surface area contributed by atoms with Gasteiger partial charge in [-0.3, -0.25) is 4.79 Å². The van der Waals surface area contributed by atoms with Gasteiger partial charge in [-0.2, -0.15) is 26.3 Å². The molecule has 20 heavy (non-hydrogen) atoms. The summed E-state index contributed by atoms with van der Waals surface area (Å²) in [5.41, 5.74) is -5.15. The van der Waals surface area contributed by atoms with Crippen LogP contribution < -0.4 is 0 Å². The molecule has 1 fully saturated rings. The monoisotopic (exact) mass is 311 g/mol. The minimum atomic E-state index is -6.08. The molecular formula is C10H12F7NO2. The Hall–Kier alpha value is -1.06. The molecule has 2 atom stereocenters. The first kappa shape index (κ1) is 17.0. The van der Waals surface area contributed by atoms with Gasteiger partial charge >= 0.3 is 12.4 Å². The number of amides is 1. The van der Waals surface area contributed by atoms with Crippen LogP contribution in [0.2, 0.25) is 0 Å². The van der Waals surface area contributed by atoms with Crippen molar-refractivity contribution in [3.63, 3.8) is 0 Å². The summed E-state index contributed by atoms with van der Waals surface area (Å²) in [6.45, 7) is 0.316. The molecule has 3 nitrogen and oxygen atoms in total. The Balaban J connectivity index is 3.30. The van der Waals surface area contributed by atoms with Crippen LogP contribution in [0.25, 0.3) is 0 Å². The van der Waals surface area contributed by atoms with Crippen LogP contribution in [-0.2, 0) is 4.79 Å². The topological polar surface area (TPSA) is 40.5 Å². The van der Waals surface area contributed by atoms with Crippen LogP contribution >= 0.6 is 0 Å². The van der Waals surface area contributed by atoms with Crippen molar-refractivity contribution in [2.24, 2.45) is 0 Å². The van der Waals surface area contributed by atoms with Gasteiger partial charge in [-0.1, -0.05) is 6.92 Å². The summed E-state index contributed by atoms with van der Waals surface area (Å²) in [4.78, 5) is 11.5. The minimum Gasteiger partial charge on any atom is -0.372 e. The maximum atomic E-state index is 13.2. The molecule has 0 aromatic carbocycles. The smallest absolute Gasteiger partial charge is 0.372 e. The van der Waals surface area contributed by atoms with Gasteiger partial charge in [-0.05, 0) is 0 Å². The number of halogens is 7. The van der Waals surface area contributed by atoms with E-state index < -0.39 is 55.5 Å². The van der Waals surface area contributed by atoms with E-state index in [1.165, 1.54) is 6.92 Å². The Morgan fingerprint density at radius 3 is 2.00 bits per heavy atom. The highest BCUT2D eigenvalue weighted by Crippen LogP contribution is 2.49. The van der Waals surface area contributed by atoms with E-state index in [4.69, 9.17) is 0 Å². The fourth-order valence-electron chi connectivity index (χ4n) is 2.20. The third-order valence-electron chi connectivity index (χ3n) is 3.22. The van der Waals surface area contributed by atoms with Crippen LogP contribution in [-0.4, -0.2) is 52.6 Å². The molecular weight excluding hydrogens is 299 g/mol. The molecule has 0 aromatic rings. The van der Waals surface area contributed by atoms with Gasteiger partial charge in [0, 0.05) is 12.8 Å². The van der Waals surface area contributed by atoms with Crippen molar-refractivity contribution in [2.75, 3.05) is 6.54 Å². The predicted molar refractivity (Wildman–Crippen MR) is 52.4 cm³/mol. The minimum absolute atomic E-state index is 0.117. The zero-order valence-electron chi connectivity index (χ0n) is 10.2. The molecule has 0 aromatic heterocycles. The van der Waals surface area contributed by atoms with E-state index >= 15 is 0 Å². The molecule has 0 bridgehead atoms. The summed E-state index contributed by atoms with van der Waals surface area (Å²) < 4.78 is 89.3. The molecule has 0 saturated carbocycles. The Morgan fingerprint density at radius 1 is 1.20 bits per heavy atom. The summed E-state index contributed by atoms with van der Waals surface area (Å²) in [5, 5.41) is 9.21. The molecule has 1 heterocycles. The Morgan fingerprint density at radius 2 is 1.65 bits per heavy atom. The molecule has 1 saturated heterocycles. The number of rotatable bonds is 2. The van der Waals surface area contributed by atoms with E-state index in [2.05, 4.69) is 0 Å². The average Bonchev–Trinajstić information content (AvgIpc) is 2.66. The van der Waals surface area contributed by atoms with Gasteiger partial charge in [0.05, 0.1) is 12.6 Å². The molecule has 118 valence electrons. The highest BCUT2D eigenvalue weighted by atomic mass is 19.4. The van der Waals surface area contributed by atoms with Crippen LogP contribution in [0.1, 0.15) is 19.8 Å². The Bertz CT molecular complexity index is 365. The molecule has 1 amide bonds. The third-order valence-corrected chi connectivity index (χ3v) is 3.22. The lowest BCUT2D eigenvalue weighted by molar-refractivity contribution is -0.380. The largest absolute Gasteiger partial charge is 0.428 e. The summed E-state index contributed by atoms with van der Waals surface area (Å²) in [6, 6.07) is -2.72. The van der Waals surface area contributed by atoms with Gasteiger partial charge in [-0.15, -0.1) is 0 Å². The lowest BCUT2D eigenvalue weighted by Gasteiger charge is -2.40. The van der Waals surface area contributed by atoms with Crippen LogP contribution in [0, 0.1) is 0 Å². The molecule has 1 aliphatic heterocycles. The maximum absolute atomic E-state index is 13.2. The van der Waals surface area contributed by atoms with Gasteiger partial charge in [0.2, 0.25) is 5.91 Å². The Kier molecular flexibility index (Phi) is 4.29. The van der Waals surface area contributed by atoms with E-state index in [0.29, 0.717) is 0 Å². The number of likely N-dealkylation sites (tertiary alicyclic amines) is 1. The molecule has 1 rings (SSSR count). The first-order valence-corrected chi connectivity index (χ1v) is 5.65. The van der Waals surface area contributed by atoms with E-state index in [0.717, 1.165) is 0 Å². The molecule has 0 spiro atoms. The second-order valence-electron chi connectivity index (χ2n) is 4.51. The van der Waals surface area contributed by atoms with Gasteiger partial charge in [0.1, 0.15) is 6.17 Å². The number of hydrogen-bond donors (Lipinski definition) is 1. The number of aliphatic hydroxyl groups is 1. The number of hydrogen-bond acceptors (Lipinski definition) is 2. The fraction of sp³-hybridized carbons (Fsp3) is 0.900. The number of carbonyl (C=O) groups excluding carboxylic acids is 1. The van der Waals surface area contributed by atoms with Crippen LogP contribution in [0.15, 0.2) is 0 Å². The van der Waals surface area contributed by atoms with Gasteiger partial charge < -0.3 is 10.0 Å². The summed E-state index contributed by atoms with van der Waals surface area (Å²) in [5.74, 6) is -1.08. The molecule has 1 N–H and O–H groups in total. The van der Waals surface area contributed by atoms with Crippen molar-refractivity contribution in [1.82, 2.24) is 4.90 Å². The number of nitrogens with zero attached hydrogens (tertiary/aromatic N) is 1. The SMILES string of the molecule is CCC(=O)N1C[C@H](F)C[C@H]1C(O)(C(F)(F)F)C(F)(F)F. The fourth-order valence-corrected chi connectivity index (χ4v) is 2.20. The maximum Gasteiger partial charge on any atom is 0.428 e. The normalized spacial score (nSPS) is 25.1. The number of carbonyl (C=O) groups is 1. The molecule has 10 heteroatoms. The van der Waals surface area contributed by atoms with E-state index in [1.54, 1.807) is 0 Å². The highest BCUT2D eigenvalue weighted by molar-refractivity contribution is 5.76. The standard InChI is InChI=1S/C10H12F7NO2/c1-2-7(19)18-4-5(11)3-6(18)8(20,9(12,13)14)10(15,16)17/h5-6,20H,2-4H2,1H3/t5-,6+/m1/s1. The van der Waals surface area contributed by atoms with Gasteiger partial charge in [-0.25, -0.2) is 4.39 Å². The van der Waals surface area contributed by atoms with Crippen LogP contribution in [0.5, 0.6) is 0 Å². The van der Waals surface area contributed by atoms with Crippen molar-refractivity contribution in [3.05, 3.63) is 0 Å². The zero-order valence-corrected chi connectivity index (χ0v) is 10.2. The lowest BCUT2D eigenvalue weighted by Crippen LogP contribution is -2.67. The van der Waals surface area contributed by atoms with Crippen molar-refractivity contribution >= 4 is 5.91 Å². The first-order chi connectivity index (χ1) is 8.86. The molecule has 0 aliphatic carbocycles. The van der Waals surface area contributed by atoms with Crippen LogP contribution in [0.3, 0.4) is 0 Å². The van der Waals surface area contributed by atoms with Gasteiger partial charge in [0.25, 0.3) is 5.60 Å². The van der Waals surface area contributed by atoms with E-state index in [1.807, 2.05) is 0 Å². The van der Waals surface area contributed by atoms with E-state index in [-0.39, 0.29) is 4.90 Å². The van der Waals surface area contributed by atoms with Crippen molar-refractivity contribution in [1.29, 1.82) is 0 Å². The van der Waals surface area contributed by atoms with Crippen molar-refractivity contribution in [3.8, 4) is 0 Å². The second kappa shape index (κ2) is 5.05. The van der Waals surface area contributed by atoms with Crippen molar-refractivity contribution < 1.29 is 40.6 Å². The second-order valence-corrected chi connectivity index (χ2v) is 4.51. The lowest BCUT2D eigenvalue weighted by atomic mass is 9.90. The molecule has 0 radical (unpaired) electrons. The average molecular weight is 311 g/mol. The quantitative estimate of drug-likeness (QED) is 0.794. The summed E-state index contributed by atoms with van der Waals surface area (Å²) in [6.07, 6.45) is -15.8. The van der Waals surface area contributed by atoms with Gasteiger partial charge in [0.15, 0.2) is 0 Å². The van der Waals surface area contributed by atoms with Crippen molar-refractivity contribution in [2.45, 2.75) is 49.9 Å². The molecule has 0 unspecified atom stereocenters. The predicted octanol–water partition coefficient (Wildman–Crippen LogP) is 2.19. The Labute approximate surface area is 109 Å². The summed E-state index contributed by atoms with van der Waals surface area (Å²) in [7, 11) is 0. The van der Waals surface area contributed by atoms with Crippen LogP contribution in [0.4, 0.5) is 30.7 Å². The summed E-state index contributed by atoms with van der Waals surface area (Å²) >= 11 is 0. The number of alkyl halides is 7. The van der Waals surface area contributed by atoms with E-state index in [9.17, 15) is 40.6 Å². The third kappa shape index (κ3) is 2.57. The molecule has 1 aliphatic rings. The highest BCUT2D eigenvalue weighted by Gasteiger charge is 2.76.